The van der Waals surface area contributed by atoms with Crippen molar-refractivity contribution in [3.05, 3.63) is 51.5 Å². The number of aromatic nitrogens is 1. The Morgan fingerprint density at radius 1 is 1.29 bits per heavy atom. The molecular formula is C22H29N3O2S. The van der Waals surface area contributed by atoms with Gasteiger partial charge in [-0.25, -0.2) is 0 Å². The summed E-state index contributed by atoms with van der Waals surface area (Å²) in [6.07, 6.45) is 7.00. The Kier molecular flexibility index (Phi) is 6.50. The molecule has 0 bridgehead atoms. The van der Waals surface area contributed by atoms with Crippen molar-refractivity contribution >= 4 is 23.2 Å². The molecule has 0 radical (unpaired) electrons. The summed E-state index contributed by atoms with van der Waals surface area (Å²) in [6, 6.07) is 5.81. The fraction of sp³-hybridized carbons (Fsp3) is 0.500. The van der Waals surface area contributed by atoms with Crippen molar-refractivity contribution in [3.63, 3.8) is 0 Å². The van der Waals surface area contributed by atoms with Crippen LogP contribution in [0.5, 0.6) is 0 Å². The first-order valence-corrected chi connectivity index (χ1v) is 10.7. The lowest BCUT2D eigenvalue weighted by Gasteiger charge is -2.33. The van der Waals surface area contributed by atoms with Gasteiger partial charge in [0.15, 0.2) is 0 Å². The standard InChI is InChI=1S/C22H29N3O2S/c1-22(2,3)17-6-7-18-16(11-17)12-19(28-18)21(27)24-10-8-20(26)25-14-15-5-4-9-23-13-15/h4-5,9,12-13,17H,6-8,10-11,14H2,1-3H3,(H,24,27)(H,25,26). The molecule has 5 nitrogen and oxygen atoms in total. The summed E-state index contributed by atoms with van der Waals surface area (Å²) >= 11 is 1.60. The lowest BCUT2D eigenvalue weighted by molar-refractivity contribution is -0.121. The molecule has 2 N–H and O–H groups in total. The Morgan fingerprint density at radius 3 is 2.82 bits per heavy atom. The summed E-state index contributed by atoms with van der Waals surface area (Å²) in [5.41, 5.74) is 2.58. The van der Waals surface area contributed by atoms with Crippen molar-refractivity contribution in [2.75, 3.05) is 6.54 Å². The van der Waals surface area contributed by atoms with Crippen molar-refractivity contribution < 1.29 is 9.59 Å². The maximum Gasteiger partial charge on any atom is 0.261 e. The van der Waals surface area contributed by atoms with Gasteiger partial charge >= 0.3 is 0 Å². The average molecular weight is 400 g/mol. The lowest BCUT2D eigenvalue weighted by Crippen LogP contribution is -2.30. The molecule has 0 fully saturated rings. The smallest absolute Gasteiger partial charge is 0.261 e. The van der Waals surface area contributed by atoms with Gasteiger partial charge in [-0.1, -0.05) is 26.8 Å². The zero-order valence-electron chi connectivity index (χ0n) is 16.9. The molecule has 2 amide bonds. The molecular weight excluding hydrogens is 370 g/mol. The third-order valence-electron chi connectivity index (χ3n) is 5.38. The molecule has 150 valence electrons. The van der Waals surface area contributed by atoms with Gasteiger partial charge in [0.1, 0.15) is 0 Å². The van der Waals surface area contributed by atoms with Crippen LogP contribution < -0.4 is 10.6 Å². The number of amides is 2. The van der Waals surface area contributed by atoms with E-state index in [1.165, 1.54) is 16.9 Å². The highest BCUT2D eigenvalue weighted by molar-refractivity contribution is 7.14. The van der Waals surface area contributed by atoms with E-state index >= 15 is 0 Å². The Balaban J connectivity index is 1.44. The first-order chi connectivity index (χ1) is 13.3. The van der Waals surface area contributed by atoms with Gasteiger partial charge in [0.2, 0.25) is 5.91 Å². The molecule has 6 heteroatoms. The van der Waals surface area contributed by atoms with E-state index in [1.54, 1.807) is 23.7 Å². The van der Waals surface area contributed by atoms with E-state index in [2.05, 4.69) is 42.5 Å². The van der Waals surface area contributed by atoms with E-state index in [9.17, 15) is 9.59 Å². The maximum atomic E-state index is 12.5. The number of fused-ring (bicyclic) bond motifs is 1. The van der Waals surface area contributed by atoms with E-state index < -0.39 is 0 Å². The van der Waals surface area contributed by atoms with Crippen LogP contribution in [-0.4, -0.2) is 23.3 Å². The first kappa shape index (κ1) is 20.5. The Morgan fingerprint density at radius 2 is 2.11 bits per heavy atom. The highest BCUT2D eigenvalue weighted by Crippen LogP contribution is 2.40. The molecule has 1 aliphatic carbocycles. The van der Waals surface area contributed by atoms with Gasteiger partial charge < -0.3 is 10.6 Å². The Hall–Kier alpha value is -2.21. The molecule has 0 saturated carbocycles. The van der Waals surface area contributed by atoms with Gasteiger partial charge in [0, 0.05) is 36.8 Å². The van der Waals surface area contributed by atoms with Crippen LogP contribution in [0.1, 0.15) is 59.3 Å². The second kappa shape index (κ2) is 8.86. The van der Waals surface area contributed by atoms with Crippen molar-refractivity contribution in [1.82, 2.24) is 15.6 Å². The largest absolute Gasteiger partial charge is 0.352 e. The quantitative estimate of drug-likeness (QED) is 0.777. The van der Waals surface area contributed by atoms with Crippen LogP contribution in [0.3, 0.4) is 0 Å². The Labute approximate surface area is 171 Å². The minimum absolute atomic E-state index is 0.0771. The van der Waals surface area contributed by atoms with E-state index in [4.69, 9.17) is 0 Å². The molecule has 1 aliphatic rings. The molecule has 28 heavy (non-hydrogen) atoms. The van der Waals surface area contributed by atoms with E-state index in [-0.39, 0.29) is 18.2 Å². The lowest BCUT2D eigenvalue weighted by atomic mass is 9.72. The number of rotatable bonds is 6. The number of nitrogens with zero attached hydrogens (tertiary/aromatic N) is 1. The summed E-state index contributed by atoms with van der Waals surface area (Å²) in [5, 5.41) is 5.72. The van der Waals surface area contributed by atoms with Gasteiger partial charge in [-0.15, -0.1) is 11.3 Å². The summed E-state index contributed by atoms with van der Waals surface area (Å²) < 4.78 is 0. The average Bonchev–Trinajstić information content (AvgIpc) is 3.10. The topological polar surface area (TPSA) is 71.1 Å². The summed E-state index contributed by atoms with van der Waals surface area (Å²) in [5.74, 6) is 0.503. The fourth-order valence-corrected chi connectivity index (χ4v) is 4.67. The van der Waals surface area contributed by atoms with Gasteiger partial charge in [-0.05, 0) is 53.9 Å². The molecule has 2 aromatic heterocycles. The monoisotopic (exact) mass is 399 g/mol. The van der Waals surface area contributed by atoms with Crippen molar-refractivity contribution in [2.45, 2.75) is 53.0 Å². The van der Waals surface area contributed by atoms with Gasteiger partial charge in [0.05, 0.1) is 4.88 Å². The van der Waals surface area contributed by atoms with Crippen LogP contribution in [0.25, 0.3) is 0 Å². The minimum Gasteiger partial charge on any atom is -0.352 e. The van der Waals surface area contributed by atoms with Crippen LogP contribution >= 0.6 is 11.3 Å². The van der Waals surface area contributed by atoms with Crippen molar-refractivity contribution in [1.29, 1.82) is 0 Å². The van der Waals surface area contributed by atoms with Gasteiger partial charge in [-0.2, -0.15) is 0 Å². The van der Waals surface area contributed by atoms with Crippen molar-refractivity contribution in [2.24, 2.45) is 11.3 Å². The zero-order valence-corrected chi connectivity index (χ0v) is 17.7. The molecule has 1 unspecified atom stereocenters. The molecule has 0 aliphatic heterocycles. The number of carbonyl (C=O) groups is 2. The predicted octanol–water partition coefficient (Wildman–Crippen LogP) is 3.73. The molecule has 2 aromatic rings. The van der Waals surface area contributed by atoms with Crippen LogP contribution in [0, 0.1) is 11.3 Å². The normalized spacial score (nSPS) is 16.3. The first-order valence-electron chi connectivity index (χ1n) is 9.88. The van der Waals surface area contributed by atoms with Crippen molar-refractivity contribution in [3.8, 4) is 0 Å². The number of thiophene rings is 1. The number of aryl methyl sites for hydroxylation is 1. The number of nitrogens with one attached hydrogen (secondary N) is 2. The van der Waals surface area contributed by atoms with E-state index in [0.29, 0.717) is 24.4 Å². The third kappa shape index (κ3) is 5.41. The molecule has 3 rings (SSSR count). The van der Waals surface area contributed by atoms with E-state index in [0.717, 1.165) is 23.3 Å². The number of pyridine rings is 1. The molecule has 0 saturated heterocycles. The fourth-order valence-electron chi connectivity index (χ4n) is 3.54. The molecule has 2 heterocycles. The summed E-state index contributed by atoms with van der Waals surface area (Å²) in [6.45, 7) is 7.67. The maximum absolute atomic E-state index is 12.5. The second-order valence-electron chi connectivity index (χ2n) is 8.51. The minimum atomic E-state index is -0.0809. The number of carbonyl (C=O) groups excluding carboxylic acids is 2. The second-order valence-corrected chi connectivity index (χ2v) is 9.65. The van der Waals surface area contributed by atoms with Crippen LogP contribution in [0.15, 0.2) is 30.6 Å². The predicted molar refractivity (Wildman–Crippen MR) is 112 cm³/mol. The number of hydrogen-bond acceptors (Lipinski definition) is 4. The van der Waals surface area contributed by atoms with Gasteiger partial charge in [-0.3, -0.25) is 14.6 Å². The van der Waals surface area contributed by atoms with E-state index in [1.807, 2.05) is 12.1 Å². The summed E-state index contributed by atoms with van der Waals surface area (Å²) in [7, 11) is 0. The molecule has 0 spiro atoms. The van der Waals surface area contributed by atoms with Crippen LogP contribution in [-0.2, 0) is 24.2 Å². The summed E-state index contributed by atoms with van der Waals surface area (Å²) in [4.78, 5) is 30.5. The number of hydrogen-bond donors (Lipinski definition) is 2. The van der Waals surface area contributed by atoms with Crippen LogP contribution in [0.2, 0.25) is 0 Å². The highest BCUT2D eigenvalue weighted by atomic mass is 32.1. The zero-order chi connectivity index (χ0) is 20.1. The highest BCUT2D eigenvalue weighted by Gasteiger charge is 2.30. The van der Waals surface area contributed by atoms with Gasteiger partial charge in [0.25, 0.3) is 5.91 Å². The molecule has 0 aromatic carbocycles. The Bertz CT molecular complexity index is 824. The third-order valence-corrected chi connectivity index (χ3v) is 6.62. The molecule has 1 atom stereocenters. The SMILES string of the molecule is CC(C)(C)C1CCc2sc(C(=O)NCCC(=O)NCc3cccnc3)cc2C1. The van der Waals surface area contributed by atoms with Crippen LogP contribution in [0.4, 0.5) is 0 Å².